The first kappa shape index (κ1) is 11.2. The van der Waals surface area contributed by atoms with E-state index >= 15 is 0 Å². The Morgan fingerprint density at radius 2 is 2.25 bits per heavy atom. The molecule has 0 saturated heterocycles. The summed E-state index contributed by atoms with van der Waals surface area (Å²) in [7, 11) is 0. The average molecular weight is 169 g/mol. The van der Waals surface area contributed by atoms with Crippen molar-refractivity contribution in [2.45, 2.75) is 32.6 Å². The summed E-state index contributed by atoms with van der Waals surface area (Å²) < 4.78 is 4.88. The molecular formula is C10H17O2. The molecule has 0 aliphatic carbocycles. The van der Waals surface area contributed by atoms with Gasteiger partial charge in [0.2, 0.25) is 0 Å². The summed E-state index contributed by atoms with van der Waals surface area (Å²) in [5.41, 5.74) is 0. The van der Waals surface area contributed by atoms with Crippen LogP contribution in [0.2, 0.25) is 0 Å². The Bertz CT molecular complexity index is 139. The minimum atomic E-state index is -0.106. The molecule has 0 aromatic carbocycles. The van der Waals surface area contributed by atoms with Crippen LogP contribution in [0.15, 0.2) is 12.2 Å². The normalized spacial score (nSPS) is 10.5. The summed E-state index contributed by atoms with van der Waals surface area (Å²) in [5, 5.41) is 0. The van der Waals surface area contributed by atoms with Gasteiger partial charge in [-0.25, -0.2) is 0 Å². The van der Waals surface area contributed by atoms with Crippen molar-refractivity contribution in [3.05, 3.63) is 19.1 Å². The van der Waals surface area contributed by atoms with Crippen LogP contribution in [0.5, 0.6) is 0 Å². The van der Waals surface area contributed by atoms with Crippen LogP contribution in [-0.2, 0) is 9.53 Å². The van der Waals surface area contributed by atoms with E-state index in [2.05, 4.69) is 6.92 Å². The molecule has 0 atom stereocenters. The second-order valence-electron chi connectivity index (χ2n) is 2.52. The van der Waals surface area contributed by atoms with Crippen molar-refractivity contribution < 1.29 is 9.53 Å². The molecule has 0 aliphatic rings. The van der Waals surface area contributed by atoms with Gasteiger partial charge in [0.05, 0.1) is 6.61 Å². The highest BCUT2D eigenvalue weighted by atomic mass is 16.5. The van der Waals surface area contributed by atoms with Crippen LogP contribution in [0, 0.1) is 6.92 Å². The first-order chi connectivity index (χ1) is 5.81. The Kier molecular flexibility index (Phi) is 7.76. The van der Waals surface area contributed by atoms with Crippen molar-refractivity contribution >= 4 is 5.97 Å². The molecule has 0 unspecified atom stereocenters. The molecule has 0 spiro atoms. The third-order valence-corrected chi connectivity index (χ3v) is 1.32. The molecule has 0 bridgehead atoms. The zero-order valence-electron chi connectivity index (χ0n) is 7.71. The lowest BCUT2D eigenvalue weighted by Crippen LogP contribution is -2.03. The van der Waals surface area contributed by atoms with E-state index in [1.165, 1.54) is 0 Å². The maximum atomic E-state index is 10.9. The van der Waals surface area contributed by atoms with Crippen molar-refractivity contribution in [2.75, 3.05) is 6.61 Å². The number of hydrogen-bond acceptors (Lipinski definition) is 2. The number of rotatable bonds is 6. The van der Waals surface area contributed by atoms with Crippen LogP contribution < -0.4 is 0 Å². The molecule has 0 aromatic heterocycles. The molecule has 0 aromatic rings. The van der Waals surface area contributed by atoms with Crippen molar-refractivity contribution in [3.8, 4) is 0 Å². The summed E-state index contributed by atoms with van der Waals surface area (Å²) in [6, 6.07) is 0. The Hall–Kier alpha value is -0.790. The number of carbonyl (C=O) groups excluding carboxylic acids is 1. The fourth-order valence-electron chi connectivity index (χ4n) is 0.725. The smallest absolute Gasteiger partial charge is 0.306 e. The predicted octanol–water partition coefficient (Wildman–Crippen LogP) is 2.50. The molecular weight excluding hydrogens is 152 g/mol. The van der Waals surface area contributed by atoms with E-state index in [-0.39, 0.29) is 5.97 Å². The van der Waals surface area contributed by atoms with Crippen LogP contribution in [0.25, 0.3) is 0 Å². The monoisotopic (exact) mass is 169 g/mol. The van der Waals surface area contributed by atoms with Gasteiger partial charge in [0, 0.05) is 6.42 Å². The maximum Gasteiger partial charge on any atom is 0.306 e. The SMILES string of the molecule is [CH2]C/C=C/CCC(=O)OCCC. The minimum absolute atomic E-state index is 0.106. The lowest BCUT2D eigenvalue weighted by atomic mass is 10.3. The molecule has 1 radical (unpaired) electrons. The first-order valence-corrected chi connectivity index (χ1v) is 4.41. The van der Waals surface area contributed by atoms with Crippen LogP contribution in [-0.4, -0.2) is 12.6 Å². The fraction of sp³-hybridized carbons (Fsp3) is 0.600. The molecule has 2 heteroatoms. The number of allylic oxidation sites excluding steroid dienone is 2. The summed E-state index contributed by atoms with van der Waals surface area (Å²) in [5.74, 6) is -0.106. The van der Waals surface area contributed by atoms with E-state index in [0.29, 0.717) is 13.0 Å². The highest BCUT2D eigenvalue weighted by Crippen LogP contribution is 1.95. The molecule has 0 rings (SSSR count). The fourth-order valence-corrected chi connectivity index (χ4v) is 0.725. The van der Waals surface area contributed by atoms with Gasteiger partial charge >= 0.3 is 5.97 Å². The van der Waals surface area contributed by atoms with E-state index in [1.54, 1.807) is 0 Å². The second-order valence-corrected chi connectivity index (χ2v) is 2.52. The average Bonchev–Trinajstić information content (AvgIpc) is 2.09. The van der Waals surface area contributed by atoms with Gasteiger partial charge in [0.25, 0.3) is 0 Å². The van der Waals surface area contributed by atoms with Gasteiger partial charge in [0.1, 0.15) is 0 Å². The summed E-state index contributed by atoms with van der Waals surface area (Å²) in [6.07, 6.45) is 6.83. The van der Waals surface area contributed by atoms with Gasteiger partial charge in [-0.1, -0.05) is 19.1 Å². The van der Waals surface area contributed by atoms with E-state index in [1.807, 2.05) is 19.1 Å². The second kappa shape index (κ2) is 8.31. The first-order valence-electron chi connectivity index (χ1n) is 4.41. The van der Waals surface area contributed by atoms with E-state index in [0.717, 1.165) is 19.3 Å². The van der Waals surface area contributed by atoms with Crippen LogP contribution in [0.3, 0.4) is 0 Å². The minimum Gasteiger partial charge on any atom is -0.466 e. The quantitative estimate of drug-likeness (QED) is 0.451. The van der Waals surface area contributed by atoms with Crippen molar-refractivity contribution in [2.24, 2.45) is 0 Å². The Balaban J connectivity index is 3.25. The van der Waals surface area contributed by atoms with Gasteiger partial charge in [-0.15, -0.1) is 0 Å². The van der Waals surface area contributed by atoms with E-state index < -0.39 is 0 Å². The summed E-state index contributed by atoms with van der Waals surface area (Å²) >= 11 is 0. The van der Waals surface area contributed by atoms with Gasteiger partial charge in [-0.2, -0.15) is 0 Å². The van der Waals surface area contributed by atoms with Crippen LogP contribution in [0.4, 0.5) is 0 Å². The predicted molar refractivity (Wildman–Crippen MR) is 49.6 cm³/mol. The zero-order valence-corrected chi connectivity index (χ0v) is 7.71. The van der Waals surface area contributed by atoms with Crippen LogP contribution in [0.1, 0.15) is 32.6 Å². The molecule has 2 nitrogen and oxygen atoms in total. The number of hydrogen-bond donors (Lipinski definition) is 0. The molecule has 69 valence electrons. The van der Waals surface area contributed by atoms with Crippen molar-refractivity contribution in [1.82, 2.24) is 0 Å². The number of ether oxygens (including phenoxy) is 1. The molecule has 0 N–H and O–H groups in total. The molecule has 0 aliphatic heterocycles. The number of carbonyl (C=O) groups is 1. The lowest BCUT2D eigenvalue weighted by Gasteiger charge is -1.99. The number of esters is 1. The van der Waals surface area contributed by atoms with Gasteiger partial charge < -0.3 is 4.74 Å². The highest BCUT2D eigenvalue weighted by Gasteiger charge is 1.98. The van der Waals surface area contributed by atoms with Crippen molar-refractivity contribution in [3.63, 3.8) is 0 Å². The summed E-state index contributed by atoms with van der Waals surface area (Å²) in [6.45, 7) is 6.17. The Labute approximate surface area is 74.6 Å². The van der Waals surface area contributed by atoms with E-state index in [9.17, 15) is 4.79 Å². The zero-order chi connectivity index (χ0) is 9.23. The van der Waals surface area contributed by atoms with Crippen LogP contribution >= 0.6 is 0 Å². The molecule has 0 amide bonds. The summed E-state index contributed by atoms with van der Waals surface area (Å²) in [4.78, 5) is 10.9. The Morgan fingerprint density at radius 3 is 2.83 bits per heavy atom. The Morgan fingerprint density at radius 1 is 1.50 bits per heavy atom. The lowest BCUT2D eigenvalue weighted by molar-refractivity contribution is -0.143. The maximum absolute atomic E-state index is 10.9. The van der Waals surface area contributed by atoms with Gasteiger partial charge in [0.15, 0.2) is 0 Å². The molecule has 0 heterocycles. The third-order valence-electron chi connectivity index (χ3n) is 1.32. The third kappa shape index (κ3) is 7.32. The van der Waals surface area contributed by atoms with E-state index in [4.69, 9.17) is 4.74 Å². The van der Waals surface area contributed by atoms with Gasteiger partial charge in [-0.05, 0) is 26.2 Å². The standard InChI is InChI=1S/C10H17O2/c1-3-5-6-7-8-10(11)12-9-4-2/h5-6H,1,3-4,7-9H2,2H3/b6-5+. The highest BCUT2D eigenvalue weighted by molar-refractivity contribution is 5.69. The largest absolute Gasteiger partial charge is 0.466 e. The topological polar surface area (TPSA) is 26.3 Å². The molecule has 0 saturated carbocycles. The molecule has 12 heavy (non-hydrogen) atoms. The van der Waals surface area contributed by atoms with Gasteiger partial charge in [-0.3, -0.25) is 4.79 Å². The molecule has 0 fully saturated rings. The van der Waals surface area contributed by atoms with Crippen molar-refractivity contribution in [1.29, 1.82) is 0 Å².